The first-order valence-corrected chi connectivity index (χ1v) is 4.69. The van der Waals surface area contributed by atoms with E-state index in [4.69, 9.17) is 6.42 Å². The van der Waals surface area contributed by atoms with Crippen LogP contribution in [0.15, 0.2) is 0 Å². The molecule has 0 saturated heterocycles. The third-order valence-electron chi connectivity index (χ3n) is 2.57. The molecule has 0 heterocycles. The van der Waals surface area contributed by atoms with Gasteiger partial charge in [0.1, 0.15) is 0 Å². The largest absolute Gasteiger partial charge is 0.305 e. The molecule has 1 rings (SSSR count). The molecule has 0 spiro atoms. The zero-order valence-corrected chi connectivity index (χ0v) is 7.84. The molecule has 1 saturated carbocycles. The van der Waals surface area contributed by atoms with Crippen molar-refractivity contribution in [2.45, 2.75) is 25.3 Å². The molecule has 0 unspecified atom stereocenters. The molecule has 2 nitrogen and oxygen atoms in total. The molecule has 1 aliphatic rings. The summed E-state index contributed by atoms with van der Waals surface area (Å²) in [5, 5.41) is 3.19. The van der Waals surface area contributed by atoms with Crippen LogP contribution in [0.3, 0.4) is 0 Å². The molecule has 0 atom stereocenters. The second-order valence-electron chi connectivity index (χ2n) is 3.45. The number of likely N-dealkylation sites (N-methyl/N-ethyl adjacent to an activating group) is 1. The van der Waals surface area contributed by atoms with Gasteiger partial charge in [0.2, 0.25) is 0 Å². The van der Waals surface area contributed by atoms with Crippen molar-refractivity contribution in [3.05, 3.63) is 0 Å². The van der Waals surface area contributed by atoms with Gasteiger partial charge in [-0.2, -0.15) is 0 Å². The molecule has 1 fully saturated rings. The van der Waals surface area contributed by atoms with Crippen LogP contribution in [0.25, 0.3) is 0 Å². The van der Waals surface area contributed by atoms with Crippen molar-refractivity contribution in [3.8, 4) is 12.3 Å². The van der Waals surface area contributed by atoms with Gasteiger partial charge in [0.15, 0.2) is 0 Å². The Morgan fingerprint density at radius 3 is 2.83 bits per heavy atom. The van der Waals surface area contributed by atoms with Crippen molar-refractivity contribution in [3.63, 3.8) is 0 Å². The fourth-order valence-electron chi connectivity index (χ4n) is 1.43. The van der Waals surface area contributed by atoms with E-state index in [0.29, 0.717) is 6.54 Å². The number of nitrogens with zero attached hydrogens (tertiary/aromatic N) is 1. The topological polar surface area (TPSA) is 15.3 Å². The predicted octanol–water partition coefficient (Wildman–Crippen LogP) is 0.693. The molecule has 1 aliphatic carbocycles. The standard InChI is InChI=1S/C10H18N2/c1-3-7-11-8-9-12(2)10-5-4-6-10/h1,10-11H,4-9H2,2H3. The minimum Gasteiger partial charge on any atom is -0.305 e. The highest BCUT2D eigenvalue weighted by atomic mass is 15.1. The molecular weight excluding hydrogens is 148 g/mol. The second kappa shape index (κ2) is 5.18. The zero-order chi connectivity index (χ0) is 8.81. The highest BCUT2D eigenvalue weighted by Gasteiger charge is 2.20. The van der Waals surface area contributed by atoms with Gasteiger partial charge in [-0.1, -0.05) is 12.3 Å². The van der Waals surface area contributed by atoms with Gasteiger partial charge in [0.05, 0.1) is 6.54 Å². The first-order chi connectivity index (χ1) is 5.84. The van der Waals surface area contributed by atoms with Gasteiger partial charge < -0.3 is 10.2 Å². The van der Waals surface area contributed by atoms with Crippen LogP contribution in [0.2, 0.25) is 0 Å². The van der Waals surface area contributed by atoms with E-state index in [-0.39, 0.29) is 0 Å². The second-order valence-corrected chi connectivity index (χ2v) is 3.45. The van der Waals surface area contributed by atoms with Crippen LogP contribution < -0.4 is 5.32 Å². The summed E-state index contributed by atoms with van der Waals surface area (Å²) in [5.41, 5.74) is 0. The van der Waals surface area contributed by atoms with Gasteiger partial charge in [-0.3, -0.25) is 0 Å². The third-order valence-corrected chi connectivity index (χ3v) is 2.57. The fourth-order valence-corrected chi connectivity index (χ4v) is 1.43. The summed E-state index contributed by atoms with van der Waals surface area (Å²) in [5.74, 6) is 2.57. The van der Waals surface area contributed by atoms with Crippen LogP contribution in [-0.2, 0) is 0 Å². The number of nitrogens with one attached hydrogen (secondary N) is 1. The summed E-state index contributed by atoms with van der Waals surface area (Å²) in [6.45, 7) is 2.82. The summed E-state index contributed by atoms with van der Waals surface area (Å²) in [6, 6.07) is 0.845. The van der Waals surface area contributed by atoms with Gasteiger partial charge in [0, 0.05) is 19.1 Å². The fraction of sp³-hybridized carbons (Fsp3) is 0.800. The summed E-state index contributed by atoms with van der Waals surface area (Å²) in [4.78, 5) is 2.42. The molecule has 2 heteroatoms. The summed E-state index contributed by atoms with van der Waals surface area (Å²) < 4.78 is 0. The summed E-state index contributed by atoms with van der Waals surface area (Å²) in [6.07, 6.45) is 9.29. The summed E-state index contributed by atoms with van der Waals surface area (Å²) in [7, 11) is 2.20. The molecule has 1 N–H and O–H groups in total. The van der Waals surface area contributed by atoms with Gasteiger partial charge in [-0.25, -0.2) is 0 Å². The summed E-state index contributed by atoms with van der Waals surface area (Å²) >= 11 is 0. The normalized spacial score (nSPS) is 17.4. The van der Waals surface area contributed by atoms with E-state index in [1.807, 2.05) is 0 Å². The van der Waals surface area contributed by atoms with Crippen LogP contribution in [0.5, 0.6) is 0 Å². The minimum absolute atomic E-state index is 0.693. The van der Waals surface area contributed by atoms with E-state index < -0.39 is 0 Å². The van der Waals surface area contributed by atoms with Gasteiger partial charge >= 0.3 is 0 Å². The van der Waals surface area contributed by atoms with Gasteiger partial charge in [-0.15, -0.1) is 6.42 Å². The van der Waals surface area contributed by atoms with Crippen LogP contribution in [-0.4, -0.2) is 37.6 Å². The Hall–Kier alpha value is -0.520. The number of hydrogen-bond donors (Lipinski definition) is 1. The maximum absolute atomic E-state index is 5.12. The quantitative estimate of drug-likeness (QED) is 0.477. The maximum Gasteiger partial charge on any atom is 0.0574 e. The Bertz CT molecular complexity index is 156. The SMILES string of the molecule is C#CCNCCN(C)C1CCC1. The Labute approximate surface area is 75.3 Å². The first-order valence-electron chi connectivity index (χ1n) is 4.69. The van der Waals surface area contributed by atoms with Crippen molar-refractivity contribution in [2.75, 3.05) is 26.7 Å². The van der Waals surface area contributed by atoms with E-state index in [9.17, 15) is 0 Å². The van der Waals surface area contributed by atoms with Crippen molar-refractivity contribution in [1.82, 2.24) is 10.2 Å². The third kappa shape index (κ3) is 2.84. The Morgan fingerprint density at radius 2 is 2.33 bits per heavy atom. The smallest absolute Gasteiger partial charge is 0.0574 e. The molecule has 0 aromatic heterocycles. The molecule has 0 amide bonds. The predicted molar refractivity (Wildman–Crippen MR) is 52.0 cm³/mol. The van der Waals surface area contributed by atoms with Crippen molar-refractivity contribution < 1.29 is 0 Å². The Morgan fingerprint density at radius 1 is 1.58 bits per heavy atom. The monoisotopic (exact) mass is 166 g/mol. The highest BCUT2D eigenvalue weighted by Crippen LogP contribution is 2.22. The Balaban J connectivity index is 1.95. The molecule has 12 heavy (non-hydrogen) atoms. The van der Waals surface area contributed by atoms with Crippen LogP contribution >= 0.6 is 0 Å². The maximum atomic E-state index is 5.12. The minimum atomic E-state index is 0.693. The molecular formula is C10H18N2. The van der Waals surface area contributed by atoms with E-state index in [0.717, 1.165) is 19.1 Å². The average Bonchev–Trinajstić information content (AvgIpc) is 1.95. The lowest BCUT2D eigenvalue weighted by atomic mass is 9.92. The molecule has 0 bridgehead atoms. The highest BCUT2D eigenvalue weighted by molar-refractivity contribution is 4.86. The van der Waals surface area contributed by atoms with E-state index >= 15 is 0 Å². The number of hydrogen-bond acceptors (Lipinski definition) is 2. The van der Waals surface area contributed by atoms with Crippen LogP contribution in [0, 0.1) is 12.3 Å². The lowest BCUT2D eigenvalue weighted by molar-refractivity contribution is 0.161. The van der Waals surface area contributed by atoms with E-state index in [1.54, 1.807) is 0 Å². The molecule has 0 aromatic rings. The lowest BCUT2D eigenvalue weighted by Crippen LogP contribution is -2.40. The molecule has 0 aromatic carbocycles. The van der Waals surface area contributed by atoms with Crippen LogP contribution in [0.1, 0.15) is 19.3 Å². The van der Waals surface area contributed by atoms with Crippen LogP contribution in [0.4, 0.5) is 0 Å². The van der Waals surface area contributed by atoms with Gasteiger partial charge in [-0.05, 0) is 19.9 Å². The molecule has 0 radical (unpaired) electrons. The average molecular weight is 166 g/mol. The van der Waals surface area contributed by atoms with Crippen molar-refractivity contribution in [1.29, 1.82) is 0 Å². The molecule has 68 valence electrons. The zero-order valence-electron chi connectivity index (χ0n) is 7.84. The van der Waals surface area contributed by atoms with E-state index in [2.05, 4.69) is 23.2 Å². The first kappa shape index (κ1) is 9.57. The number of terminal acetylenes is 1. The Kier molecular flexibility index (Phi) is 4.13. The number of rotatable bonds is 5. The van der Waals surface area contributed by atoms with Crippen molar-refractivity contribution in [2.24, 2.45) is 0 Å². The molecule has 0 aliphatic heterocycles. The van der Waals surface area contributed by atoms with Gasteiger partial charge in [0.25, 0.3) is 0 Å². The lowest BCUT2D eigenvalue weighted by Gasteiger charge is -2.34. The van der Waals surface area contributed by atoms with Crippen molar-refractivity contribution >= 4 is 0 Å². The van der Waals surface area contributed by atoms with E-state index in [1.165, 1.54) is 19.3 Å².